The first-order valence-electron chi connectivity index (χ1n) is 7.49. The predicted octanol–water partition coefficient (Wildman–Crippen LogP) is 3.35. The molecule has 3 aromatic rings. The number of benzene rings is 1. The number of aromatic amines is 1. The van der Waals surface area contributed by atoms with Crippen LogP contribution < -0.4 is 0 Å². The van der Waals surface area contributed by atoms with E-state index in [1.54, 1.807) is 12.4 Å². The smallest absolute Gasteiger partial charge is 0.171 e. The zero-order valence-electron chi connectivity index (χ0n) is 13.4. The molecule has 3 rings (SSSR count). The van der Waals surface area contributed by atoms with E-state index in [1.165, 1.54) is 0 Å². The Bertz CT molecular complexity index is 875. The highest BCUT2D eigenvalue weighted by Gasteiger charge is 2.26. The van der Waals surface area contributed by atoms with Crippen LogP contribution >= 0.6 is 0 Å². The van der Waals surface area contributed by atoms with Gasteiger partial charge in [-0.25, -0.2) is 9.97 Å². The van der Waals surface area contributed by atoms with Crippen LogP contribution in [0.3, 0.4) is 0 Å². The number of hydrogen-bond acceptors (Lipinski definition) is 4. The summed E-state index contributed by atoms with van der Waals surface area (Å²) in [6.07, 6.45) is 3.34. The van der Waals surface area contributed by atoms with Crippen molar-refractivity contribution in [3.05, 3.63) is 47.8 Å². The van der Waals surface area contributed by atoms with Gasteiger partial charge in [-0.05, 0) is 11.6 Å². The molecule has 0 unspecified atom stereocenters. The molecule has 5 heteroatoms. The van der Waals surface area contributed by atoms with E-state index in [-0.39, 0.29) is 12.4 Å². The highest BCUT2D eigenvalue weighted by atomic mass is 16.3. The molecule has 0 fully saturated rings. The fraction of sp³-hybridized carbons (Fsp3) is 0.278. The number of aromatic nitrogens is 3. The van der Waals surface area contributed by atoms with Crippen LogP contribution in [0, 0.1) is 5.41 Å². The summed E-state index contributed by atoms with van der Waals surface area (Å²) in [6, 6.07) is 7.49. The van der Waals surface area contributed by atoms with Crippen molar-refractivity contribution in [3.63, 3.8) is 0 Å². The lowest BCUT2D eigenvalue weighted by molar-refractivity contribution is 0.0860. The van der Waals surface area contributed by atoms with Gasteiger partial charge in [0.05, 0.1) is 24.1 Å². The van der Waals surface area contributed by atoms with Crippen LogP contribution in [-0.4, -0.2) is 25.8 Å². The molecule has 0 spiro atoms. The van der Waals surface area contributed by atoms with Crippen molar-refractivity contribution in [1.29, 1.82) is 0 Å². The lowest BCUT2D eigenvalue weighted by atomic mass is 9.87. The van der Waals surface area contributed by atoms with Crippen LogP contribution in [0.25, 0.3) is 22.4 Å². The maximum absolute atomic E-state index is 12.6. The first-order chi connectivity index (χ1) is 10.9. The maximum Gasteiger partial charge on any atom is 0.171 e. The van der Waals surface area contributed by atoms with Gasteiger partial charge in [-0.2, -0.15) is 0 Å². The molecule has 118 valence electrons. The lowest BCUT2D eigenvalue weighted by Crippen LogP contribution is -2.20. The number of hydrogen-bond donors (Lipinski definition) is 2. The van der Waals surface area contributed by atoms with Crippen LogP contribution in [0.4, 0.5) is 0 Å². The highest BCUT2D eigenvalue weighted by molar-refractivity contribution is 6.08. The Morgan fingerprint density at radius 1 is 1.30 bits per heavy atom. The molecule has 0 aliphatic carbocycles. The van der Waals surface area contributed by atoms with E-state index in [0.717, 1.165) is 11.1 Å². The van der Waals surface area contributed by atoms with Crippen LogP contribution in [0.1, 0.15) is 36.7 Å². The average Bonchev–Trinajstić information content (AvgIpc) is 2.96. The van der Waals surface area contributed by atoms with Crippen molar-refractivity contribution in [2.45, 2.75) is 27.4 Å². The molecule has 0 bridgehead atoms. The molecule has 23 heavy (non-hydrogen) atoms. The summed E-state index contributed by atoms with van der Waals surface area (Å²) in [6.45, 7) is 5.63. The van der Waals surface area contributed by atoms with Crippen molar-refractivity contribution in [2.24, 2.45) is 5.41 Å². The van der Waals surface area contributed by atoms with Gasteiger partial charge in [0.1, 0.15) is 5.52 Å². The molecule has 5 nitrogen and oxygen atoms in total. The Balaban J connectivity index is 2.12. The number of nitrogens with zero attached hydrogens (tertiary/aromatic N) is 2. The second kappa shape index (κ2) is 5.59. The van der Waals surface area contributed by atoms with Crippen LogP contribution in [-0.2, 0) is 6.61 Å². The van der Waals surface area contributed by atoms with Crippen molar-refractivity contribution < 1.29 is 9.90 Å². The fourth-order valence-corrected chi connectivity index (χ4v) is 2.44. The number of rotatable bonds is 3. The van der Waals surface area contributed by atoms with Crippen molar-refractivity contribution in [2.75, 3.05) is 0 Å². The topological polar surface area (TPSA) is 78.9 Å². The second-order valence-corrected chi connectivity index (χ2v) is 6.59. The molecular weight excluding hydrogens is 290 g/mol. The zero-order chi connectivity index (χ0) is 16.6. The number of nitrogens with one attached hydrogen (secondary N) is 1. The minimum atomic E-state index is -0.483. The maximum atomic E-state index is 12.6. The van der Waals surface area contributed by atoms with Crippen LogP contribution in [0.5, 0.6) is 0 Å². The van der Waals surface area contributed by atoms with Crippen molar-refractivity contribution in [1.82, 2.24) is 15.0 Å². The van der Waals surface area contributed by atoms with E-state index < -0.39 is 5.41 Å². The zero-order valence-corrected chi connectivity index (χ0v) is 13.4. The second-order valence-electron chi connectivity index (χ2n) is 6.59. The Labute approximate surface area is 134 Å². The number of H-pyrrole nitrogens is 1. The van der Waals surface area contributed by atoms with E-state index in [2.05, 4.69) is 15.0 Å². The third kappa shape index (κ3) is 2.87. The van der Waals surface area contributed by atoms with E-state index in [4.69, 9.17) is 0 Å². The van der Waals surface area contributed by atoms with E-state index in [0.29, 0.717) is 22.4 Å². The number of ketones is 1. The largest absolute Gasteiger partial charge is 0.392 e. The summed E-state index contributed by atoms with van der Waals surface area (Å²) in [5.74, 6) is 0.0271. The SMILES string of the molecule is CC(C)(C)C(=O)c1c[nH]c2ncc(-c3cccc(CO)c3)nc12. The minimum Gasteiger partial charge on any atom is -0.392 e. The van der Waals surface area contributed by atoms with E-state index >= 15 is 0 Å². The molecule has 0 saturated carbocycles. The summed E-state index contributed by atoms with van der Waals surface area (Å²) in [5.41, 5.74) is 3.60. The fourth-order valence-electron chi connectivity index (χ4n) is 2.44. The van der Waals surface area contributed by atoms with Gasteiger partial charge in [-0.15, -0.1) is 0 Å². The number of Topliss-reactive ketones (excluding diaryl/α,β-unsaturated/α-hetero) is 1. The highest BCUT2D eigenvalue weighted by Crippen LogP contribution is 2.27. The van der Waals surface area contributed by atoms with Crippen molar-refractivity contribution >= 4 is 16.9 Å². The summed E-state index contributed by atoms with van der Waals surface area (Å²) in [5, 5.41) is 9.27. The molecule has 0 aliphatic heterocycles. The van der Waals surface area contributed by atoms with Gasteiger partial charge in [-0.3, -0.25) is 4.79 Å². The molecule has 0 saturated heterocycles. The first-order valence-corrected chi connectivity index (χ1v) is 7.49. The van der Waals surface area contributed by atoms with Crippen LogP contribution in [0.15, 0.2) is 36.7 Å². The van der Waals surface area contributed by atoms with Gasteiger partial charge in [0.2, 0.25) is 0 Å². The summed E-state index contributed by atoms with van der Waals surface area (Å²) in [7, 11) is 0. The Morgan fingerprint density at radius 2 is 2.09 bits per heavy atom. The van der Waals surface area contributed by atoms with Gasteiger partial charge in [-0.1, -0.05) is 39.0 Å². The van der Waals surface area contributed by atoms with Gasteiger partial charge in [0.25, 0.3) is 0 Å². The number of fused-ring (bicyclic) bond motifs is 1. The predicted molar refractivity (Wildman–Crippen MR) is 89.0 cm³/mol. The number of aliphatic hydroxyl groups is 1. The molecule has 1 aromatic carbocycles. The van der Waals surface area contributed by atoms with E-state index in [1.807, 2.05) is 45.0 Å². The molecular formula is C18H19N3O2. The molecule has 0 aliphatic rings. The summed E-state index contributed by atoms with van der Waals surface area (Å²) >= 11 is 0. The number of carbonyl (C=O) groups excluding carboxylic acids is 1. The monoisotopic (exact) mass is 309 g/mol. The third-order valence-electron chi connectivity index (χ3n) is 3.71. The van der Waals surface area contributed by atoms with Gasteiger partial charge < -0.3 is 10.1 Å². The Hall–Kier alpha value is -2.53. The molecule has 0 amide bonds. The quantitative estimate of drug-likeness (QED) is 0.727. The molecule has 0 radical (unpaired) electrons. The molecule has 2 aromatic heterocycles. The normalized spacial score (nSPS) is 11.8. The average molecular weight is 309 g/mol. The number of aliphatic hydroxyl groups excluding tert-OH is 1. The molecule has 2 N–H and O–H groups in total. The lowest BCUT2D eigenvalue weighted by Gasteiger charge is -2.15. The number of carbonyl (C=O) groups is 1. The Kier molecular flexibility index (Phi) is 3.74. The van der Waals surface area contributed by atoms with Crippen molar-refractivity contribution in [3.8, 4) is 11.3 Å². The Morgan fingerprint density at radius 3 is 2.78 bits per heavy atom. The molecule has 0 atom stereocenters. The van der Waals surface area contributed by atoms with E-state index in [9.17, 15) is 9.90 Å². The van der Waals surface area contributed by atoms with Gasteiger partial charge >= 0.3 is 0 Å². The summed E-state index contributed by atoms with van der Waals surface area (Å²) < 4.78 is 0. The van der Waals surface area contributed by atoms with Gasteiger partial charge in [0.15, 0.2) is 11.4 Å². The molecule has 2 heterocycles. The van der Waals surface area contributed by atoms with Crippen LogP contribution in [0.2, 0.25) is 0 Å². The standard InChI is InChI=1S/C18H19N3O2/c1-18(2,3)16(23)13-8-19-17-15(13)21-14(9-20-17)12-6-4-5-11(7-12)10-22/h4-9,22H,10H2,1-3H3,(H,19,20). The third-order valence-corrected chi connectivity index (χ3v) is 3.71. The minimum absolute atomic E-state index is 0.0264. The first kappa shape index (κ1) is 15.4. The van der Waals surface area contributed by atoms with Gasteiger partial charge in [0, 0.05) is 17.2 Å². The summed E-state index contributed by atoms with van der Waals surface area (Å²) in [4.78, 5) is 24.6.